The van der Waals surface area contributed by atoms with E-state index in [9.17, 15) is 14.4 Å². The largest absolute Gasteiger partial charge is 0.466 e. The maximum absolute atomic E-state index is 11.9. The van der Waals surface area contributed by atoms with Crippen molar-refractivity contribution >= 4 is 29.5 Å². The molecule has 2 amide bonds. The number of thioether (sulfide) groups is 1. The number of carbonyl (C=O) groups excluding carboxylic acids is 3. The molecule has 104 valence electrons. The fourth-order valence-electron chi connectivity index (χ4n) is 1.52. The minimum Gasteiger partial charge on any atom is -0.466 e. The van der Waals surface area contributed by atoms with Crippen LogP contribution in [0.15, 0.2) is 41.3 Å². The van der Waals surface area contributed by atoms with E-state index in [-0.39, 0.29) is 10.8 Å². The third-order valence-electron chi connectivity index (χ3n) is 2.48. The third kappa shape index (κ3) is 3.39. The molecule has 1 saturated heterocycles. The smallest absolute Gasteiger partial charge is 0.331 e. The fourth-order valence-corrected chi connectivity index (χ4v) is 2.44. The van der Waals surface area contributed by atoms with Crippen molar-refractivity contribution in [3.05, 3.63) is 46.9 Å². The predicted molar refractivity (Wildman–Crippen MR) is 73.5 cm³/mol. The van der Waals surface area contributed by atoms with Crippen LogP contribution in [0.25, 0.3) is 0 Å². The van der Waals surface area contributed by atoms with Crippen molar-refractivity contribution in [2.75, 3.05) is 7.11 Å². The lowest BCUT2D eigenvalue weighted by Crippen LogP contribution is -2.41. The van der Waals surface area contributed by atoms with Crippen molar-refractivity contribution in [3.8, 4) is 0 Å². The van der Waals surface area contributed by atoms with Gasteiger partial charge in [0.15, 0.2) is 5.50 Å². The van der Waals surface area contributed by atoms with Crippen molar-refractivity contribution in [3.63, 3.8) is 0 Å². The lowest BCUT2D eigenvalue weighted by Gasteiger charge is -2.10. The fraction of sp³-hybridized carbons (Fsp3) is 0.154. The van der Waals surface area contributed by atoms with Gasteiger partial charge in [0.25, 0.3) is 11.8 Å². The van der Waals surface area contributed by atoms with Crippen LogP contribution in [0, 0.1) is 0 Å². The van der Waals surface area contributed by atoms with Crippen LogP contribution in [0.3, 0.4) is 0 Å². The molecule has 0 saturated carbocycles. The van der Waals surface area contributed by atoms with Gasteiger partial charge in [-0.15, -0.1) is 0 Å². The van der Waals surface area contributed by atoms with Crippen molar-refractivity contribution < 1.29 is 19.1 Å². The molecule has 1 aromatic rings. The molecule has 1 fully saturated rings. The summed E-state index contributed by atoms with van der Waals surface area (Å²) in [6.45, 7) is 0. The normalized spacial score (nSPS) is 19.6. The van der Waals surface area contributed by atoms with E-state index in [4.69, 9.17) is 0 Å². The zero-order valence-corrected chi connectivity index (χ0v) is 11.4. The van der Waals surface area contributed by atoms with Gasteiger partial charge in [0.2, 0.25) is 0 Å². The van der Waals surface area contributed by atoms with Crippen molar-refractivity contribution in [1.82, 2.24) is 10.6 Å². The molecule has 2 N–H and O–H groups in total. The van der Waals surface area contributed by atoms with Gasteiger partial charge >= 0.3 is 5.97 Å². The van der Waals surface area contributed by atoms with Gasteiger partial charge in [-0.05, 0) is 12.1 Å². The average molecular weight is 292 g/mol. The number of ether oxygens (including phenoxy) is 1. The lowest BCUT2D eigenvalue weighted by atomic mass is 10.2. The highest BCUT2D eigenvalue weighted by molar-refractivity contribution is 8.05. The molecular weight excluding hydrogens is 280 g/mol. The zero-order valence-electron chi connectivity index (χ0n) is 10.6. The number of hydrogen-bond donors (Lipinski definition) is 2. The Hall–Kier alpha value is -2.28. The maximum Gasteiger partial charge on any atom is 0.331 e. The Labute approximate surface area is 119 Å². The maximum atomic E-state index is 11.9. The first-order valence-corrected chi connectivity index (χ1v) is 6.61. The average Bonchev–Trinajstić information content (AvgIpc) is 2.79. The molecule has 1 aromatic carbocycles. The third-order valence-corrected chi connectivity index (χ3v) is 3.51. The van der Waals surface area contributed by atoms with Gasteiger partial charge in [0.1, 0.15) is 0 Å². The molecule has 1 atom stereocenters. The number of rotatable bonds is 3. The van der Waals surface area contributed by atoms with Gasteiger partial charge in [0.05, 0.1) is 12.0 Å². The molecule has 1 aliphatic rings. The van der Waals surface area contributed by atoms with E-state index in [1.54, 1.807) is 30.3 Å². The van der Waals surface area contributed by atoms with Gasteiger partial charge in [-0.3, -0.25) is 9.59 Å². The highest BCUT2D eigenvalue weighted by atomic mass is 32.2. The van der Waals surface area contributed by atoms with E-state index in [2.05, 4.69) is 15.4 Å². The number of amides is 2. The minimum atomic E-state index is -0.613. The van der Waals surface area contributed by atoms with Gasteiger partial charge < -0.3 is 15.4 Å². The molecule has 2 rings (SSSR count). The van der Waals surface area contributed by atoms with Crippen LogP contribution in [0.4, 0.5) is 0 Å². The Morgan fingerprint density at radius 2 is 2.05 bits per heavy atom. The summed E-state index contributed by atoms with van der Waals surface area (Å²) < 4.78 is 4.45. The van der Waals surface area contributed by atoms with Crippen molar-refractivity contribution in [1.29, 1.82) is 0 Å². The standard InChI is InChI=1S/C13H12N2O4S/c1-19-10(16)7-9-12(18)15-13(20-9)14-11(17)8-5-3-2-4-6-8/h2-7,13H,1H3,(H,14,17)(H,15,18)/b9-7+/t13-/m1/s1. The summed E-state index contributed by atoms with van der Waals surface area (Å²) in [5.41, 5.74) is -0.112. The number of esters is 1. The number of hydrogen-bond acceptors (Lipinski definition) is 5. The molecule has 0 unspecified atom stereocenters. The number of nitrogens with one attached hydrogen (secondary N) is 2. The summed E-state index contributed by atoms with van der Waals surface area (Å²) in [5, 5.41) is 5.20. The quantitative estimate of drug-likeness (QED) is 0.630. The molecule has 0 aromatic heterocycles. The minimum absolute atomic E-state index is 0.204. The molecule has 0 bridgehead atoms. The van der Waals surface area contributed by atoms with Crippen LogP contribution >= 0.6 is 11.8 Å². The Bertz CT molecular complexity index is 571. The second kappa shape index (κ2) is 6.25. The van der Waals surface area contributed by atoms with Crippen LogP contribution in [0.5, 0.6) is 0 Å². The van der Waals surface area contributed by atoms with Gasteiger partial charge in [-0.1, -0.05) is 30.0 Å². The summed E-state index contributed by atoms with van der Waals surface area (Å²) >= 11 is 1.05. The molecule has 20 heavy (non-hydrogen) atoms. The number of carbonyl (C=O) groups is 3. The SMILES string of the molecule is COC(=O)/C=C1/S[C@H](NC(=O)c2ccccc2)NC1=O. The second-order valence-electron chi connectivity index (χ2n) is 3.84. The number of benzene rings is 1. The summed E-state index contributed by atoms with van der Waals surface area (Å²) in [6.07, 6.45) is 1.09. The first-order chi connectivity index (χ1) is 9.60. The van der Waals surface area contributed by atoms with E-state index < -0.39 is 17.4 Å². The first kappa shape index (κ1) is 14.1. The lowest BCUT2D eigenvalue weighted by molar-refractivity contribution is -0.135. The molecule has 7 heteroatoms. The highest BCUT2D eigenvalue weighted by Crippen LogP contribution is 2.25. The molecule has 1 aliphatic heterocycles. The van der Waals surface area contributed by atoms with Crippen LogP contribution < -0.4 is 10.6 Å². The molecule has 0 radical (unpaired) electrons. The second-order valence-corrected chi connectivity index (χ2v) is 4.99. The van der Waals surface area contributed by atoms with E-state index in [0.717, 1.165) is 17.8 Å². The summed E-state index contributed by atoms with van der Waals surface area (Å²) in [6, 6.07) is 8.64. The predicted octanol–water partition coefficient (Wildman–Crippen LogP) is 0.620. The Kier molecular flexibility index (Phi) is 4.41. The van der Waals surface area contributed by atoms with E-state index >= 15 is 0 Å². The van der Waals surface area contributed by atoms with Crippen LogP contribution in [0.2, 0.25) is 0 Å². The van der Waals surface area contributed by atoms with Gasteiger partial charge in [-0.25, -0.2) is 4.79 Å². The van der Waals surface area contributed by atoms with Crippen molar-refractivity contribution in [2.24, 2.45) is 0 Å². The molecule has 6 nitrogen and oxygen atoms in total. The highest BCUT2D eigenvalue weighted by Gasteiger charge is 2.29. The first-order valence-electron chi connectivity index (χ1n) is 5.73. The Morgan fingerprint density at radius 1 is 1.35 bits per heavy atom. The Balaban J connectivity index is 1.99. The molecular formula is C13H12N2O4S. The van der Waals surface area contributed by atoms with E-state index in [1.807, 2.05) is 0 Å². The van der Waals surface area contributed by atoms with Crippen LogP contribution in [-0.2, 0) is 14.3 Å². The topological polar surface area (TPSA) is 84.5 Å². The van der Waals surface area contributed by atoms with Crippen LogP contribution in [-0.4, -0.2) is 30.4 Å². The van der Waals surface area contributed by atoms with E-state index in [0.29, 0.717) is 5.56 Å². The summed E-state index contributed by atoms with van der Waals surface area (Å²) in [5.74, 6) is -1.33. The van der Waals surface area contributed by atoms with Gasteiger partial charge in [0, 0.05) is 11.6 Å². The Morgan fingerprint density at radius 3 is 2.70 bits per heavy atom. The summed E-state index contributed by atoms with van der Waals surface area (Å²) in [4.78, 5) is 34.8. The zero-order chi connectivity index (χ0) is 14.5. The van der Waals surface area contributed by atoms with Gasteiger partial charge in [-0.2, -0.15) is 0 Å². The van der Waals surface area contributed by atoms with Crippen molar-refractivity contribution in [2.45, 2.75) is 5.50 Å². The molecule has 0 aliphatic carbocycles. The molecule has 1 heterocycles. The monoisotopic (exact) mass is 292 g/mol. The number of methoxy groups -OCH3 is 1. The summed E-state index contributed by atoms with van der Waals surface area (Å²) in [7, 11) is 1.23. The van der Waals surface area contributed by atoms with E-state index in [1.165, 1.54) is 7.11 Å². The van der Waals surface area contributed by atoms with Crippen LogP contribution in [0.1, 0.15) is 10.4 Å². The molecule has 0 spiro atoms.